The zero-order valence-corrected chi connectivity index (χ0v) is 30.0. The molecule has 0 saturated carbocycles. The highest BCUT2D eigenvalue weighted by atomic mass is 32.1. The number of unbranched alkanes of at least 4 members (excludes halogenated alkanes) is 9. The monoisotopic (exact) mass is 684 g/mol. The molecule has 6 nitrogen and oxygen atoms in total. The van der Waals surface area contributed by atoms with E-state index in [9.17, 15) is 9.59 Å². The van der Waals surface area contributed by atoms with Gasteiger partial charge in [0.15, 0.2) is 0 Å². The predicted molar refractivity (Wildman–Crippen MR) is 199 cm³/mol. The zero-order valence-electron chi connectivity index (χ0n) is 29.2. The number of hydrogen-bond donors (Lipinski definition) is 0. The molecular weight excluding hydrogens is 633 g/mol. The van der Waals surface area contributed by atoms with Crippen LogP contribution in [0.2, 0.25) is 0 Å². The standard InChI is InChI=1S/C42H52O6S/c1-3-33(2)30-47-41(43)37-20-24-40(25-21-37)48-42(44)38-16-14-35(15-17-38)36-18-22-39(23-19-36)46-28-13-11-9-7-5-4-6-8-10-12-27-45-31-34-26-29-49-32-34/h14-26,29,32-33H,3-13,27-28,30-31H2,1-2H3. The minimum absolute atomic E-state index is 0.314. The minimum Gasteiger partial charge on any atom is -0.494 e. The second-order valence-corrected chi connectivity index (χ2v) is 13.5. The van der Waals surface area contributed by atoms with E-state index < -0.39 is 5.97 Å². The van der Waals surface area contributed by atoms with Gasteiger partial charge in [0.05, 0.1) is 30.9 Å². The first-order chi connectivity index (χ1) is 24.0. The summed E-state index contributed by atoms with van der Waals surface area (Å²) in [6.45, 7) is 6.83. The van der Waals surface area contributed by atoms with Gasteiger partial charge >= 0.3 is 11.9 Å². The van der Waals surface area contributed by atoms with Crippen molar-refractivity contribution in [3.63, 3.8) is 0 Å². The largest absolute Gasteiger partial charge is 0.494 e. The molecule has 4 rings (SSSR count). The van der Waals surface area contributed by atoms with Crippen molar-refractivity contribution >= 4 is 23.3 Å². The summed E-state index contributed by atoms with van der Waals surface area (Å²) in [5.41, 5.74) is 4.21. The summed E-state index contributed by atoms with van der Waals surface area (Å²) in [6.07, 6.45) is 13.5. The van der Waals surface area contributed by atoms with E-state index in [0.29, 0.717) is 29.4 Å². The Morgan fingerprint density at radius 3 is 1.76 bits per heavy atom. The van der Waals surface area contributed by atoms with E-state index in [1.54, 1.807) is 47.7 Å². The lowest BCUT2D eigenvalue weighted by Gasteiger charge is -2.10. The van der Waals surface area contributed by atoms with Crippen LogP contribution < -0.4 is 9.47 Å². The van der Waals surface area contributed by atoms with Crippen LogP contribution in [0.15, 0.2) is 89.6 Å². The molecule has 0 saturated heterocycles. The van der Waals surface area contributed by atoms with Crippen molar-refractivity contribution in [3.8, 4) is 22.6 Å². The lowest BCUT2D eigenvalue weighted by atomic mass is 10.0. The summed E-state index contributed by atoms with van der Waals surface area (Å²) in [5, 5.41) is 4.25. The molecular formula is C42H52O6S. The maximum absolute atomic E-state index is 12.7. The number of esters is 2. The van der Waals surface area contributed by atoms with Crippen LogP contribution in [0.3, 0.4) is 0 Å². The van der Waals surface area contributed by atoms with E-state index in [-0.39, 0.29) is 5.97 Å². The fourth-order valence-electron chi connectivity index (χ4n) is 5.26. The van der Waals surface area contributed by atoms with Gasteiger partial charge in [-0.15, -0.1) is 0 Å². The number of ether oxygens (including phenoxy) is 4. The number of rotatable bonds is 23. The fraction of sp³-hybridized carbons (Fsp3) is 0.429. The summed E-state index contributed by atoms with van der Waals surface area (Å²) in [5.74, 6) is 0.715. The number of carbonyl (C=O) groups is 2. The van der Waals surface area contributed by atoms with Crippen LogP contribution in [0.25, 0.3) is 11.1 Å². The van der Waals surface area contributed by atoms with E-state index in [2.05, 4.69) is 23.8 Å². The van der Waals surface area contributed by atoms with E-state index in [4.69, 9.17) is 18.9 Å². The molecule has 0 spiro atoms. The lowest BCUT2D eigenvalue weighted by molar-refractivity contribution is 0.0447. The quantitative estimate of drug-likeness (QED) is 0.0440. The molecule has 1 aromatic heterocycles. The molecule has 1 unspecified atom stereocenters. The molecule has 49 heavy (non-hydrogen) atoms. The van der Waals surface area contributed by atoms with Gasteiger partial charge in [-0.25, -0.2) is 9.59 Å². The number of hydrogen-bond acceptors (Lipinski definition) is 7. The Hall–Kier alpha value is -3.94. The average molecular weight is 685 g/mol. The normalized spacial score (nSPS) is 11.6. The maximum atomic E-state index is 12.7. The molecule has 0 aliphatic heterocycles. The van der Waals surface area contributed by atoms with E-state index in [1.807, 2.05) is 43.3 Å². The lowest BCUT2D eigenvalue weighted by Crippen LogP contribution is -2.12. The molecule has 0 aliphatic rings. The average Bonchev–Trinajstić information content (AvgIpc) is 3.66. The first kappa shape index (κ1) is 37.9. The van der Waals surface area contributed by atoms with E-state index >= 15 is 0 Å². The van der Waals surface area contributed by atoms with Gasteiger partial charge in [0.2, 0.25) is 0 Å². The number of benzene rings is 3. The van der Waals surface area contributed by atoms with Gasteiger partial charge in [-0.2, -0.15) is 11.3 Å². The molecule has 1 atom stereocenters. The third-order valence-electron chi connectivity index (χ3n) is 8.61. The topological polar surface area (TPSA) is 71.1 Å². The van der Waals surface area contributed by atoms with Gasteiger partial charge in [-0.1, -0.05) is 95.9 Å². The van der Waals surface area contributed by atoms with Gasteiger partial charge in [0.25, 0.3) is 0 Å². The molecule has 3 aromatic carbocycles. The molecule has 1 heterocycles. The van der Waals surface area contributed by atoms with Crippen LogP contribution in [0, 0.1) is 5.92 Å². The first-order valence-electron chi connectivity index (χ1n) is 17.9. The Kier molecular flexibility index (Phi) is 16.9. The number of carbonyl (C=O) groups excluding carboxylic acids is 2. The smallest absolute Gasteiger partial charge is 0.343 e. The summed E-state index contributed by atoms with van der Waals surface area (Å²) < 4.78 is 22.6. The Labute approximate surface area is 296 Å². The SMILES string of the molecule is CCC(C)COC(=O)c1ccc(OC(=O)c2ccc(-c3ccc(OCCCCCCCCCCCCOCc4ccsc4)cc3)cc2)cc1. The van der Waals surface area contributed by atoms with E-state index in [1.165, 1.54) is 56.9 Å². The highest BCUT2D eigenvalue weighted by Crippen LogP contribution is 2.24. The second-order valence-electron chi connectivity index (χ2n) is 12.7. The van der Waals surface area contributed by atoms with Crippen LogP contribution in [0.4, 0.5) is 0 Å². The van der Waals surface area contributed by atoms with Crippen LogP contribution in [-0.2, 0) is 16.1 Å². The zero-order chi connectivity index (χ0) is 34.5. The highest BCUT2D eigenvalue weighted by molar-refractivity contribution is 7.07. The summed E-state index contributed by atoms with van der Waals surface area (Å²) in [6, 6.07) is 24.0. The van der Waals surface area contributed by atoms with Crippen molar-refractivity contribution < 1.29 is 28.5 Å². The van der Waals surface area contributed by atoms with Gasteiger partial charge < -0.3 is 18.9 Å². The Balaban J connectivity index is 1.04. The van der Waals surface area contributed by atoms with Gasteiger partial charge in [0, 0.05) is 6.61 Å². The third-order valence-corrected chi connectivity index (χ3v) is 9.34. The van der Waals surface area contributed by atoms with Gasteiger partial charge in [-0.05, 0) is 101 Å². The van der Waals surface area contributed by atoms with Crippen molar-refractivity contribution in [2.75, 3.05) is 19.8 Å². The molecule has 0 radical (unpaired) electrons. The molecule has 0 bridgehead atoms. The minimum atomic E-state index is -0.458. The van der Waals surface area contributed by atoms with Gasteiger partial charge in [0.1, 0.15) is 11.5 Å². The molecule has 0 fully saturated rings. The van der Waals surface area contributed by atoms with Gasteiger partial charge in [-0.3, -0.25) is 0 Å². The van der Waals surface area contributed by atoms with Crippen molar-refractivity contribution in [2.24, 2.45) is 5.92 Å². The Morgan fingerprint density at radius 1 is 0.633 bits per heavy atom. The van der Waals surface area contributed by atoms with E-state index in [0.717, 1.165) is 56.0 Å². The molecule has 7 heteroatoms. The molecule has 262 valence electrons. The highest BCUT2D eigenvalue weighted by Gasteiger charge is 2.12. The van der Waals surface area contributed by atoms with Crippen molar-refractivity contribution in [2.45, 2.75) is 91.1 Å². The molecule has 0 N–H and O–H groups in total. The molecule has 4 aromatic rings. The van der Waals surface area contributed by atoms with Crippen LogP contribution in [-0.4, -0.2) is 31.8 Å². The fourth-order valence-corrected chi connectivity index (χ4v) is 5.92. The van der Waals surface area contributed by atoms with Crippen molar-refractivity contribution in [3.05, 3.63) is 106 Å². The predicted octanol–water partition coefficient (Wildman–Crippen LogP) is 11.3. The molecule has 0 aliphatic carbocycles. The number of thiophene rings is 1. The summed E-state index contributed by atoms with van der Waals surface area (Å²) in [7, 11) is 0. The second kappa shape index (κ2) is 21.9. The first-order valence-corrected chi connectivity index (χ1v) is 18.9. The Morgan fingerprint density at radius 2 is 1.16 bits per heavy atom. The van der Waals surface area contributed by atoms with Crippen molar-refractivity contribution in [1.82, 2.24) is 0 Å². The summed E-state index contributed by atoms with van der Waals surface area (Å²) >= 11 is 1.73. The Bertz CT molecular complexity index is 1480. The third kappa shape index (κ3) is 14.2. The van der Waals surface area contributed by atoms with Crippen LogP contribution in [0.1, 0.15) is 111 Å². The van der Waals surface area contributed by atoms with Crippen LogP contribution >= 0.6 is 11.3 Å². The summed E-state index contributed by atoms with van der Waals surface area (Å²) in [4.78, 5) is 24.9. The van der Waals surface area contributed by atoms with Crippen LogP contribution in [0.5, 0.6) is 11.5 Å². The maximum Gasteiger partial charge on any atom is 0.343 e. The van der Waals surface area contributed by atoms with Crippen molar-refractivity contribution in [1.29, 1.82) is 0 Å². The molecule has 0 amide bonds.